The van der Waals surface area contributed by atoms with Crippen molar-refractivity contribution in [2.75, 3.05) is 43.6 Å². The Balaban J connectivity index is 1.60. The van der Waals surface area contributed by atoms with Gasteiger partial charge >= 0.3 is 0 Å². The van der Waals surface area contributed by atoms with Crippen molar-refractivity contribution >= 4 is 46.3 Å². The summed E-state index contributed by atoms with van der Waals surface area (Å²) >= 11 is 3.06. The first-order valence-corrected chi connectivity index (χ1v) is 11.6. The molecule has 3 heterocycles. The summed E-state index contributed by atoms with van der Waals surface area (Å²) in [7, 11) is 1.66. The smallest absolute Gasteiger partial charge is 0.230 e. The zero-order valence-electron chi connectivity index (χ0n) is 17.0. The molecule has 0 saturated carbocycles. The molecule has 0 spiro atoms. The Hall–Kier alpha value is -2.37. The Bertz CT molecular complexity index is 953. The first-order valence-electron chi connectivity index (χ1n) is 9.60. The molecule has 0 unspecified atom stereocenters. The highest BCUT2D eigenvalue weighted by atomic mass is 32.2. The van der Waals surface area contributed by atoms with Crippen LogP contribution in [-0.2, 0) is 16.1 Å². The van der Waals surface area contributed by atoms with Crippen LogP contribution < -0.4 is 10.6 Å². The number of thioether (sulfide) groups is 2. The second kappa shape index (κ2) is 11.7. The summed E-state index contributed by atoms with van der Waals surface area (Å²) in [6.07, 6.45) is 5.19. The van der Waals surface area contributed by atoms with Gasteiger partial charge < -0.3 is 15.4 Å². The van der Waals surface area contributed by atoms with Crippen LogP contribution >= 0.6 is 23.5 Å². The van der Waals surface area contributed by atoms with Crippen LogP contribution in [0.3, 0.4) is 0 Å². The van der Waals surface area contributed by atoms with Crippen molar-refractivity contribution < 1.29 is 9.53 Å². The van der Waals surface area contributed by atoms with Gasteiger partial charge in [0.05, 0.1) is 30.5 Å². The van der Waals surface area contributed by atoms with Crippen LogP contribution in [0.2, 0.25) is 0 Å². The number of hydrogen-bond donors (Lipinski definition) is 2. The lowest BCUT2D eigenvalue weighted by atomic mass is 10.4. The van der Waals surface area contributed by atoms with Gasteiger partial charge in [-0.1, -0.05) is 18.7 Å². The zero-order chi connectivity index (χ0) is 21.2. The quantitative estimate of drug-likeness (QED) is 0.246. The zero-order valence-corrected chi connectivity index (χ0v) is 18.6. The van der Waals surface area contributed by atoms with E-state index in [1.165, 1.54) is 11.8 Å². The summed E-state index contributed by atoms with van der Waals surface area (Å²) in [6.45, 7) is 4.29. The SMILES string of the molecule is CCSc1nc(NCCOC)c2cnn(CCNC(=O)CSc3ccncc3)c2n1. The summed E-state index contributed by atoms with van der Waals surface area (Å²) in [5, 5.41) is 12.2. The van der Waals surface area contributed by atoms with E-state index in [0.29, 0.717) is 37.2 Å². The molecular formula is C19H25N7O2S2. The number of pyridine rings is 1. The van der Waals surface area contributed by atoms with Crippen molar-refractivity contribution in [2.45, 2.75) is 23.5 Å². The number of fused-ring (bicyclic) bond motifs is 1. The molecule has 0 atom stereocenters. The van der Waals surface area contributed by atoms with E-state index in [4.69, 9.17) is 4.74 Å². The number of rotatable bonds is 12. The third-order valence-electron chi connectivity index (χ3n) is 4.01. The van der Waals surface area contributed by atoms with Gasteiger partial charge in [0.1, 0.15) is 5.82 Å². The minimum absolute atomic E-state index is 0.0213. The third kappa shape index (κ3) is 6.31. The van der Waals surface area contributed by atoms with Crippen molar-refractivity contribution in [3.8, 4) is 0 Å². The highest BCUT2D eigenvalue weighted by Crippen LogP contribution is 2.24. The second-order valence-corrected chi connectivity index (χ2v) is 8.41. The number of anilines is 1. The van der Waals surface area contributed by atoms with Crippen molar-refractivity contribution in [2.24, 2.45) is 0 Å². The van der Waals surface area contributed by atoms with Crippen molar-refractivity contribution in [1.29, 1.82) is 0 Å². The van der Waals surface area contributed by atoms with Gasteiger partial charge in [0.2, 0.25) is 5.91 Å². The van der Waals surface area contributed by atoms with Gasteiger partial charge in [0, 0.05) is 37.5 Å². The monoisotopic (exact) mass is 447 g/mol. The van der Waals surface area contributed by atoms with Crippen LogP contribution in [0.15, 0.2) is 40.8 Å². The average Bonchev–Trinajstić information content (AvgIpc) is 3.16. The predicted octanol–water partition coefficient (Wildman–Crippen LogP) is 2.30. The van der Waals surface area contributed by atoms with Crippen molar-refractivity contribution in [1.82, 2.24) is 30.0 Å². The highest BCUT2D eigenvalue weighted by Gasteiger charge is 2.13. The van der Waals surface area contributed by atoms with Gasteiger partial charge in [-0.3, -0.25) is 9.78 Å². The van der Waals surface area contributed by atoms with Crippen LogP contribution in [-0.4, -0.2) is 69.0 Å². The normalized spacial score (nSPS) is 11.0. The van der Waals surface area contributed by atoms with Gasteiger partial charge in [0.15, 0.2) is 10.8 Å². The molecule has 0 fully saturated rings. The Labute approximate surface area is 183 Å². The molecule has 30 heavy (non-hydrogen) atoms. The number of methoxy groups -OCH3 is 1. The number of nitrogens with zero attached hydrogens (tertiary/aromatic N) is 5. The number of hydrogen-bond acceptors (Lipinski definition) is 9. The molecule has 0 aromatic carbocycles. The molecular weight excluding hydrogens is 422 g/mol. The number of carbonyl (C=O) groups is 1. The van der Waals surface area contributed by atoms with E-state index >= 15 is 0 Å². The van der Waals surface area contributed by atoms with E-state index < -0.39 is 0 Å². The predicted molar refractivity (Wildman–Crippen MR) is 120 cm³/mol. The summed E-state index contributed by atoms with van der Waals surface area (Å²) in [4.78, 5) is 26.4. The number of amides is 1. The molecule has 0 radical (unpaired) electrons. The van der Waals surface area contributed by atoms with Crippen LogP contribution in [0.1, 0.15) is 6.92 Å². The lowest BCUT2D eigenvalue weighted by molar-refractivity contribution is -0.118. The largest absolute Gasteiger partial charge is 0.383 e. The molecule has 0 aliphatic heterocycles. The minimum atomic E-state index is -0.0213. The maximum Gasteiger partial charge on any atom is 0.230 e. The first kappa shape index (κ1) is 22.3. The molecule has 2 N–H and O–H groups in total. The molecule has 11 heteroatoms. The molecule has 3 aromatic heterocycles. The Kier molecular flexibility index (Phi) is 8.72. The fraction of sp³-hybridized carbons (Fsp3) is 0.421. The van der Waals surface area contributed by atoms with Crippen LogP contribution in [0.25, 0.3) is 11.0 Å². The molecule has 0 saturated heterocycles. The number of nitrogens with one attached hydrogen (secondary N) is 2. The van der Waals surface area contributed by atoms with Gasteiger partial charge in [0.25, 0.3) is 0 Å². The number of aromatic nitrogens is 5. The second-order valence-electron chi connectivity index (χ2n) is 6.13. The molecule has 9 nitrogen and oxygen atoms in total. The molecule has 3 rings (SSSR count). The Morgan fingerprint density at radius 1 is 1.20 bits per heavy atom. The number of ether oxygens (including phenoxy) is 1. The van der Waals surface area contributed by atoms with E-state index in [9.17, 15) is 4.79 Å². The van der Waals surface area contributed by atoms with Gasteiger partial charge in [-0.25, -0.2) is 14.6 Å². The number of carbonyl (C=O) groups excluding carboxylic acids is 1. The fourth-order valence-corrected chi connectivity index (χ4v) is 3.91. The van der Waals surface area contributed by atoms with Crippen LogP contribution in [0, 0.1) is 0 Å². The van der Waals surface area contributed by atoms with E-state index in [1.54, 1.807) is 42.1 Å². The maximum absolute atomic E-state index is 12.1. The molecule has 1 amide bonds. The molecule has 0 bridgehead atoms. The standard InChI is InChI=1S/C19H25N7O2S2/c1-3-29-19-24-17(22-9-11-28-2)15-12-23-26(18(15)25-19)10-8-21-16(27)13-30-14-4-6-20-7-5-14/h4-7,12H,3,8-11,13H2,1-2H3,(H,21,27)(H,22,24,25). The van der Waals surface area contributed by atoms with E-state index in [-0.39, 0.29) is 5.91 Å². The maximum atomic E-state index is 12.1. The van der Waals surface area contributed by atoms with Gasteiger partial charge in [-0.05, 0) is 17.9 Å². The third-order valence-corrected chi connectivity index (χ3v) is 5.75. The lowest BCUT2D eigenvalue weighted by Crippen LogP contribution is -2.29. The lowest BCUT2D eigenvalue weighted by Gasteiger charge is -2.09. The molecule has 0 aliphatic rings. The van der Waals surface area contributed by atoms with E-state index in [1.807, 2.05) is 12.1 Å². The summed E-state index contributed by atoms with van der Waals surface area (Å²) < 4.78 is 6.91. The van der Waals surface area contributed by atoms with Gasteiger partial charge in [-0.15, -0.1) is 11.8 Å². The van der Waals surface area contributed by atoms with E-state index in [2.05, 4.69) is 37.6 Å². The first-order chi connectivity index (χ1) is 14.7. The average molecular weight is 448 g/mol. The minimum Gasteiger partial charge on any atom is -0.383 e. The highest BCUT2D eigenvalue weighted by molar-refractivity contribution is 8.00. The van der Waals surface area contributed by atoms with Crippen molar-refractivity contribution in [3.05, 3.63) is 30.7 Å². The molecule has 3 aromatic rings. The molecule has 0 aliphatic carbocycles. The summed E-state index contributed by atoms with van der Waals surface area (Å²) in [6, 6.07) is 3.77. The van der Waals surface area contributed by atoms with Crippen LogP contribution in [0.5, 0.6) is 0 Å². The van der Waals surface area contributed by atoms with Gasteiger partial charge in [-0.2, -0.15) is 5.10 Å². The molecule has 160 valence electrons. The van der Waals surface area contributed by atoms with Crippen LogP contribution in [0.4, 0.5) is 5.82 Å². The summed E-state index contributed by atoms with van der Waals surface area (Å²) in [5.41, 5.74) is 0.751. The Morgan fingerprint density at radius 3 is 2.80 bits per heavy atom. The fourth-order valence-electron chi connectivity index (χ4n) is 2.63. The Morgan fingerprint density at radius 2 is 2.03 bits per heavy atom. The topological polar surface area (TPSA) is 107 Å². The van der Waals surface area contributed by atoms with Crippen molar-refractivity contribution in [3.63, 3.8) is 0 Å². The summed E-state index contributed by atoms with van der Waals surface area (Å²) in [5.74, 6) is 1.96. The van der Waals surface area contributed by atoms with E-state index in [0.717, 1.165) is 27.5 Å².